The Morgan fingerprint density at radius 2 is 1.81 bits per heavy atom. The van der Waals surface area contributed by atoms with Gasteiger partial charge in [0.1, 0.15) is 0 Å². The van der Waals surface area contributed by atoms with Gasteiger partial charge in [-0.1, -0.05) is 58.6 Å². The summed E-state index contributed by atoms with van der Waals surface area (Å²) < 4.78 is 0. The fourth-order valence-corrected chi connectivity index (χ4v) is 3.24. The van der Waals surface area contributed by atoms with Crippen LogP contribution in [-0.2, 0) is 10.2 Å². The van der Waals surface area contributed by atoms with E-state index in [1.54, 1.807) is 0 Å². The Bertz CT molecular complexity index is 374. The second-order valence-corrected chi connectivity index (χ2v) is 5.27. The lowest BCUT2D eigenvalue weighted by Gasteiger charge is -2.27. The Hall–Kier alpha value is -0.630. The molecule has 1 aliphatic rings. The number of halogens is 1. The molecule has 0 bridgehead atoms. The molecule has 2 heteroatoms. The summed E-state index contributed by atoms with van der Waals surface area (Å²) in [7, 11) is 0. The summed E-state index contributed by atoms with van der Waals surface area (Å²) in [6, 6.07) is 8.47. The second-order valence-electron chi connectivity index (χ2n) is 4.71. The number of aryl methyl sites for hydroxylation is 1. The van der Waals surface area contributed by atoms with Crippen molar-refractivity contribution in [2.45, 2.75) is 38.0 Å². The van der Waals surface area contributed by atoms with Crippen LogP contribution in [0, 0.1) is 6.92 Å². The van der Waals surface area contributed by atoms with Crippen molar-refractivity contribution < 1.29 is 4.79 Å². The molecule has 2 rings (SSSR count). The highest BCUT2D eigenvalue weighted by atomic mass is 79.9. The van der Waals surface area contributed by atoms with Crippen molar-refractivity contribution in [1.82, 2.24) is 0 Å². The first-order chi connectivity index (χ1) is 7.69. The molecule has 0 N–H and O–H groups in total. The van der Waals surface area contributed by atoms with E-state index in [2.05, 4.69) is 47.1 Å². The van der Waals surface area contributed by atoms with Gasteiger partial charge in [-0.05, 0) is 25.3 Å². The van der Waals surface area contributed by atoms with Crippen LogP contribution in [0.15, 0.2) is 24.3 Å². The van der Waals surface area contributed by atoms with Gasteiger partial charge in [0.15, 0.2) is 5.78 Å². The molecule has 1 saturated carbocycles. The average molecular weight is 281 g/mol. The van der Waals surface area contributed by atoms with E-state index in [4.69, 9.17) is 0 Å². The first kappa shape index (κ1) is 11.8. The van der Waals surface area contributed by atoms with Crippen molar-refractivity contribution >= 4 is 21.7 Å². The summed E-state index contributed by atoms with van der Waals surface area (Å²) in [5.74, 6) is 0.342. The quantitative estimate of drug-likeness (QED) is 0.771. The zero-order valence-corrected chi connectivity index (χ0v) is 11.2. The maximum atomic E-state index is 12.2. The van der Waals surface area contributed by atoms with Gasteiger partial charge in [-0.2, -0.15) is 0 Å². The molecule has 1 aromatic carbocycles. The van der Waals surface area contributed by atoms with E-state index < -0.39 is 0 Å². The Morgan fingerprint density at radius 1 is 1.25 bits per heavy atom. The highest BCUT2D eigenvalue weighted by molar-refractivity contribution is 9.09. The lowest BCUT2D eigenvalue weighted by Crippen LogP contribution is -2.33. The largest absolute Gasteiger partial charge is 0.298 e. The van der Waals surface area contributed by atoms with Crippen molar-refractivity contribution in [3.05, 3.63) is 35.4 Å². The van der Waals surface area contributed by atoms with Crippen LogP contribution in [0.2, 0.25) is 0 Å². The maximum Gasteiger partial charge on any atom is 0.153 e. The van der Waals surface area contributed by atoms with Gasteiger partial charge in [-0.3, -0.25) is 4.79 Å². The van der Waals surface area contributed by atoms with Crippen molar-refractivity contribution in [3.8, 4) is 0 Å². The summed E-state index contributed by atoms with van der Waals surface area (Å²) in [5.41, 5.74) is 2.26. The first-order valence-electron chi connectivity index (χ1n) is 5.85. The van der Waals surface area contributed by atoms with Gasteiger partial charge in [0.25, 0.3) is 0 Å². The van der Waals surface area contributed by atoms with Crippen LogP contribution in [0.25, 0.3) is 0 Å². The highest BCUT2D eigenvalue weighted by Gasteiger charge is 2.41. The van der Waals surface area contributed by atoms with Crippen molar-refractivity contribution in [2.75, 3.05) is 5.33 Å². The van der Waals surface area contributed by atoms with Crippen LogP contribution >= 0.6 is 15.9 Å². The fourth-order valence-electron chi connectivity index (χ4n) is 2.71. The number of alkyl halides is 1. The number of Topliss-reactive ketones (excluding diaryl/α,β-unsaturated/α-hetero) is 1. The van der Waals surface area contributed by atoms with Gasteiger partial charge in [0.05, 0.1) is 10.7 Å². The van der Waals surface area contributed by atoms with Gasteiger partial charge in [0.2, 0.25) is 0 Å². The molecule has 1 aromatic rings. The molecule has 0 aromatic heterocycles. The Labute approximate surface area is 105 Å². The summed E-state index contributed by atoms with van der Waals surface area (Å²) in [6.07, 6.45) is 4.38. The molecule has 86 valence electrons. The number of hydrogen-bond acceptors (Lipinski definition) is 1. The molecular weight excluding hydrogens is 264 g/mol. The molecule has 0 amide bonds. The minimum absolute atomic E-state index is 0.197. The second kappa shape index (κ2) is 4.70. The zero-order chi connectivity index (χ0) is 11.6. The predicted octanol–water partition coefficient (Wildman–Crippen LogP) is 3.77. The Kier molecular flexibility index (Phi) is 3.48. The predicted molar refractivity (Wildman–Crippen MR) is 70.1 cm³/mol. The molecule has 1 aliphatic carbocycles. The number of benzene rings is 1. The third-order valence-corrected chi connectivity index (χ3v) is 4.23. The molecule has 0 radical (unpaired) electrons. The van der Waals surface area contributed by atoms with Crippen molar-refractivity contribution in [3.63, 3.8) is 0 Å². The molecule has 0 unspecified atom stereocenters. The normalized spacial score (nSPS) is 18.6. The van der Waals surface area contributed by atoms with Crippen LogP contribution in [0.4, 0.5) is 0 Å². The third-order valence-electron chi connectivity index (χ3n) is 3.72. The topological polar surface area (TPSA) is 17.1 Å². The molecule has 1 fully saturated rings. The molecule has 1 nitrogen and oxygen atoms in total. The number of ketones is 1. The van der Waals surface area contributed by atoms with Crippen LogP contribution in [0.3, 0.4) is 0 Å². The molecule has 0 heterocycles. The third kappa shape index (κ3) is 1.95. The van der Waals surface area contributed by atoms with Crippen LogP contribution in [-0.4, -0.2) is 11.1 Å². The number of carbonyl (C=O) groups excluding carboxylic acids is 1. The van der Waals surface area contributed by atoms with Crippen LogP contribution in [0.1, 0.15) is 36.8 Å². The molecule has 16 heavy (non-hydrogen) atoms. The average Bonchev–Trinajstić information content (AvgIpc) is 2.79. The summed E-state index contributed by atoms with van der Waals surface area (Å²) >= 11 is 3.32. The zero-order valence-electron chi connectivity index (χ0n) is 9.63. The van der Waals surface area contributed by atoms with E-state index in [1.165, 1.54) is 24.0 Å². The summed E-state index contributed by atoms with van der Waals surface area (Å²) in [4.78, 5) is 12.2. The minimum Gasteiger partial charge on any atom is -0.298 e. The first-order valence-corrected chi connectivity index (χ1v) is 6.97. The lowest BCUT2D eigenvalue weighted by atomic mass is 9.75. The summed E-state index contributed by atoms with van der Waals surface area (Å²) in [5, 5.41) is 0.473. The van der Waals surface area contributed by atoms with E-state index in [-0.39, 0.29) is 5.41 Å². The van der Waals surface area contributed by atoms with E-state index in [1.807, 2.05) is 0 Å². The minimum atomic E-state index is -0.197. The van der Waals surface area contributed by atoms with E-state index in [0.717, 1.165) is 12.8 Å². The molecule has 0 saturated heterocycles. The number of hydrogen-bond donors (Lipinski definition) is 0. The Morgan fingerprint density at radius 3 is 2.31 bits per heavy atom. The Balaban J connectivity index is 2.39. The molecule has 0 spiro atoms. The van der Waals surface area contributed by atoms with Gasteiger partial charge in [0, 0.05) is 0 Å². The van der Waals surface area contributed by atoms with E-state index >= 15 is 0 Å². The number of rotatable bonds is 3. The van der Waals surface area contributed by atoms with E-state index in [9.17, 15) is 4.79 Å². The van der Waals surface area contributed by atoms with Crippen LogP contribution < -0.4 is 0 Å². The van der Waals surface area contributed by atoms with Gasteiger partial charge in [-0.15, -0.1) is 0 Å². The lowest BCUT2D eigenvalue weighted by molar-refractivity contribution is -0.121. The van der Waals surface area contributed by atoms with Gasteiger partial charge < -0.3 is 0 Å². The van der Waals surface area contributed by atoms with E-state index in [0.29, 0.717) is 11.1 Å². The molecular formula is C14H17BrO. The van der Waals surface area contributed by atoms with Gasteiger partial charge in [-0.25, -0.2) is 0 Å². The van der Waals surface area contributed by atoms with Gasteiger partial charge >= 0.3 is 0 Å². The number of carbonyl (C=O) groups is 1. The SMILES string of the molecule is Cc1ccc(C2(C(=O)CBr)CCCC2)cc1. The summed E-state index contributed by atoms with van der Waals surface area (Å²) in [6.45, 7) is 2.08. The fraction of sp³-hybridized carbons (Fsp3) is 0.500. The monoisotopic (exact) mass is 280 g/mol. The standard InChI is InChI=1S/C14H17BrO/c1-11-4-6-12(7-5-11)14(13(16)10-15)8-2-3-9-14/h4-7H,2-3,8-10H2,1H3. The smallest absolute Gasteiger partial charge is 0.153 e. The van der Waals surface area contributed by atoms with Crippen molar-refractivity contribution in [1.29, 1.82) is 0 Å². The highest BCUT2D eigenvalue weighted by Crippen LogP contribution is 2.42. The maximum absolute atomic E-state index is 12.2. The molecule has 0 atom stereocenters. The molecule has 0 aliphatic heterocycles. The van der Waals surface area contributed by atoms with Crippen LogP contribution in [0.5, 0.6) is 0 Å². The van der Waals surface area contributed by atoms with Crippen molar-refractivity contribution in [2.24, 2.45) is 0 Å².